The van der Waals surface area contributed by atoms with Gasteiger partial charge in [0.15, 0.2) is 0 Å². The minimum Gasteiger partial charge on any atom is -0.313 e. The summed E-state index contributed by atoms with van der Waals surface area (Å²) in [6.45, 7) is 5.13. The predicted octanol–water partition coefficient (Wildman–Crippen LogP) is -1.40. The lowest BCUT2D eigenvalue weighted by Gasteiger charge is -2.12. The molecule has 0 aromatic heterocycles. The van der Waals surface area contributed by atoms with Crippen LogP contribution in [0.1, 0.15) is 27.7 Å². The molecule has 104 valence electrons. The summed E-state index contributed by atoms with van der Waals surface area (Å²) in [5.74, 6) is -1.26. The summed E-state index contributed by atoms with van der Waals surface area (Å²) < 4.78 is 0. The topological polar surface area (TPSA) is 127 Å². The van der Waals surface area contributed by atoms with E-state index in [9.17, 15) is 19.2 Å². The predicted molar refractivity (Wildman–Crippen MR) is 64.5 cm³/mol. The molecule has 0 bridgehead atoms. The Morgan fingerprint density at radius 1 is 0.667 bits per heavy atom. The molecule has 8 heteroatoms. The molecule has 0 fully saturated rings. The van der Waals surface area contributed by atoms with E-state index in [4.69, 9.17) is 11.5 Å². The maximum atomic E-state index is 10.4. The van der Waals surface area contributed by atoms with Crippen molar-refractivity contribution in [3.8, 4) is 0 Å². The molecule has 0 rings (SSSR count). The molecule has 0 saturated heterocycles. The van der Waals surface area contributed by atoms with Gasteiger partial charge >= 0.3 is 0 Å². The Bertz CT molecular complexity index is 270. The molecule has 4 N–H and O–H groups in total. The number of carbonyl (C=O) groups excluding carboxylic acids is 4. The van der Waals surface area contributed by atoms with Gasteiger partial charge in [-0.2, -0.15) is 0 Å². The van der Waals surface area contributed by atoms with Crippen molar-refractivity contribution in [2.75, 3.05) is 13.3 Å². The molecule has 0 aliphatic heterocycles. The van der Waals surface area contributed by atoms with E-state index in [-0.39, 0.29) is 37.0 Å². The quantitative estimate of drug-likeness (QED) is 0.587. The van der Waals surface area contributed by atoms with E-state index in [1.807, 2.05) is 0 Å². The fourth-order valence-corrected chi connectivity index (χ4v) is 0.958. The van der Waals surface area contributed by atoms with Crippen LogP contribution in [0, 0.1) is 0 Å². The fourth-order valence-electron chi connectivity index (χ4n) is 0.958. The van der Waals surface area contributed by atoms with Crippen LogP contribution in [0.2, 0.25) is 0 Å². The van der Waals surface area contributed by atoms with Crippen LogP contribution in [0.15, 0.2) is 0 Å². The standard InChI is InChI=1S/2C5H10N2O2/c2*1-4(8)7(3-6)5(2)9/h2*3,6H2,1-2H3. The summed E-state index contributed by atoms with van der Waals surface area (Å²) in [5, 5.41) is 0. The normalized spacial score (nSPS) is 8.78. The van der Waals surface area contributed by atoms with E-state index in [1.165, 1.54) is 27.7 Å². The fraction of sp³-hybridized carbons (Fsp3) is 0.600. The molecule has 0 radical (unpaired) electrons. The molecule has 0 spiro atoms. The first kappa shape index (κ1) is 18.6. The Labute approximate surface area is 106 Å². The maximum absolute atomic E-state index is 10.4. The third-order valence-electron chi connectivity index (χ3n) is 1.89. The number of rotatable bonds is 2. The molecule has 0 aromatic rings. The van der Waals surface area contributed by atoms with Gasteiger partial charge in [0.1, 0.15) is 0 Å². The third-order valence-corrected chi connectivity index (χ3v) is 1.89. The first-order valence-corrected chi connectivity index (χ1v) is 5.16. The summed E-state index contributed by atoms with van der Waals surface area (Å²) >= 11 is 0. The zero-order valence-electron chi connectivity index (χ0n) is 11.1. The summed E-state index contributed by atoms with van der Waals surface area (Å²) in [4.78, 5) is 43.7. The molecule has 0 aliphatic carbocycles. The van der Waals surface area contributed by atoms with E-state index < -0.39 is 0 Å². The van der Waals surface area contributed by atoms with Gasteiger partial charge in [-0.3, -0.25) is 29.0 Å². The summed E-state index contributed by atoms with van der Waals surface area (Å²) in [7, 11) is 0. The van der Waals surface area contributed by atoms with Gasteiger partial charge in [0.05, 0.1) is 13.3 Å². The van der Waals surface area contributed by atoms with Crippen molar-refractivity contribution in [1.29, 1.82) is 0 Å². The van der Waals surface area contributed by atoms with E-state index in [2.05, 4.69) is 0 Å². The first-order valence-electron chi connectivity index (χ1n) is 5.16. The molecule has 4 amide bonds. The molecule has 0 atom stereocenters. The zero-order chi connectivity index (χ0) is 14.9. The Balaban J connectivity index is 0. The molecule has 0 unspecified atom stereocenters. The van der Waals surface area contributed by atoms with E-state index in [0.717, 1.165) is 9.80 Å². The van der Waals surface area contributed by atoms with E-state index >= 15 is 0 Å². The Hall–Kier alpha value is -1.80. The molecule has 8 nitrogen and oxygen atoms in total. The highest BCUT2D eigenvalue weighted by Gasteiger charge is 2.09. The smallest absolute Gasteiger partial charge is 0.227 e. The third kappa shape index (κ3) is 7.47. The highest BCUT2D eigenvalue weighted by atomic mass is 16.2. The maximum Gasteiger partial charge on any atom is 0.227 e. The number of nitrogens with two attached hydrogens (primary N) is 2. The highest BCUT2D eigenvalue weighted by Crippen LogP contribution is 1.85. The van der Waals surface area contributed by atoms with Crippen molar-refractivity contribution < 1.29 is 19.2 Å². The second kappa shape index (κ2) is 9.25. The number of amides is 4. The van der Waals surface area contributed by atoms with Crippen LogP contribution >= 0.6 is 0 Å². The number of nitrogens with zero attached hydrogens (tertiary/aromatic N) is 2. The molecule has 0 heterocycles. The molecule has 0 aromatic carbocycles. The van der Waals surface area contributed by atoms with Crippen LogP contribution in [-0.4, -0.2) is 46.8 Å². The number of imide groups is 2. The SMILES string of the molecule is CC(=O)N(CN)C(C)=O.CC(=O)N(CN)C(C)=O. The highest BCUT2D eigenvalue weighted by molar-refractivity contribution is 5.93. The van der Waals surface area contributed by atoms with Crippen molar-refractivity contribution in [3.05, 3.63) is 0 Å². The van der Waals surface area contributed by atoms with Crippen LogP contribution in [0.25, 0.3) is 0 Å². The van der Waals surface area contributed by atoms with Crippen LogP contribution in [0.3, 0.4) is 0 Å². The minimum atomic E-state index is -0.315. The van der Waals surface area contributed by atoms with Gasteiger partial charge in [0.2, 0.25) is 23.6 Å². The van der Waals surface area contributed by atoms with Gasteiger partial charge in [0.25, 0.3) is 0 Å². The minimum absolute atomic E-state index is 0.0370. The second-order valence-corrected chi connectivity index (χ2v) is 3.30. The lowest BCUT2D eigenvalue weighted by Crippen LogP contribution is -2.37. The molecule has 0 saturated carbocycles. The lowest BCUT2D eigenvalue weighted by atomic mass is 10.5. The van der Waals surface area contributed by atoms with Gasteiger partial charge in [-0.05, 0) is 0 Å². The van der Waals surface area contributed by atoms with Gasteiger partial charge in [-0.15, -0.1) is 0 Å². The lowest BCUT2D eigenvalue weighted by molar-refractivity contribution is -0.143. The van der Waals surface area contributed by atoms with Gasteiger partial charge in [-0.1, -0.05) is 0 Å². The van der Waals surface area contributed by atoms with Crippen LogP contribution < -0.4 is 11.5 Å². The Morgan fingerprint density at radius 2 is 0.833 bits per heavy atom. The van der Waals surface area contributed by atoms with Crippen molar-refractivity contribution in [3.63, 3.8) is 0 Å². The second-order valence-electron chi connectivity index (χ2n) is 3.30. The van der Waals surface area contributed by atoms with E-state index in [0.29, 0.717) is 0 Å². The van der Waals surface area contributed by atoms with Crippen LogP contribution in [0.5, 0.6) is 0 Å². The summed E-state index contributed by atoms with van der Waals surface area (Å²) in [5.41, 5.74) is 10.1. The summed E-state index contributed by atoms with van der Waals surface area (Å²) in [6.07, 6.45) is 0. The largest absolute Gasteiger partial charge is 0.313 e. The van der Waals surface area contributed by atoms with E-state index in [1.54, 1.807) is 0 Å². The van der Waals surface area contributed by atoms with Crippen molar-refractivity contribution in [1.82, 2.24) is 9.80 Å². The average molecular weight is 260 g/mol. The molecule has 0 aliphatic rings. The van der Waals surface area contributed by atoms with Gasteiger partial charge in [-0.25, -0.2) is 0 Å². The molecule has 18 heavy (non-hydrogen) atoms. The van der Waals surface area contributed by atoms with Crippen molar-refractivity contribution in [2.45, 2.75) is 27.7 Å². The zero-order valence-corrected chi connectivity index (χ0v) is 11.1. The Kier molecular flexibility index (Phi) is 9.54. The van der Waals surface area contributed by atoms with Crippen LogP contribution in [0.4, 0.5) is 0 Å². The monoisotopic (exact) mass is 260 g/mol. The first-order chi connectivity index (χ1) is 8.18. The number of hydrogen-bond acceptors (Lipinski definition) is 6. The van der Waals surface area contributed by atoms with Crippen molar-refractivity contribution >= 4 is 23.6 Å². The number of carbonyl (C=O) groups is 4. The Morgan fingerprint density at radius 3 is 0.833 bits per heavy atom. The van der Waals surface area contributed by atoms with Gasteiger partial charge < -0.3 is 11.5 Å². The number of hydrogen-bond donors (Lipinski definition) is 2. The van der Waals surface area contributed by atoms with Crippen molar-refractivity contribution in [2.24, 2.45) is 11.5 Å². The van der Waals surface area contributed by atoms with Crippen LogP contribution in [-0.2, 0) is 19.2 Å². The summed E-state index contributed by atoms with van der Waals surface area (Å²) in [6, 6.07) is 0. The average Bonchev–Trinajstić information content (AvgIpc) is 2.17. The molecular weight excluding hydrogens is 240 g/mol. The molecular formula is C10H20N4O4. The van der Waals surface area contributed by atoms with Gasteiger partial charge in [0, 0.05) is 27.7 Å².